The minimum Gasteiger partial charge on any atom is -0.378 e. The number of nitrogens with zero attached hydrogens (tertiary/aromatic N) is 6. The molecule has 35 heavy (non-hydrogen) atoms. The fraction of sp³-hybridized carbons (Fsp3) is 0.364. The van der Waals surface area contributed by atoms with Crippen molar-refractivity contribution in [3.63, 3.8) is 0 Å². The zero-order valence-corrected chi connectivity index (χ0v) is 18.7. The lowest BCUT2D eigenvalue weighted by Crippen LogP contribution is -2.54. The Hall–Kier alpha value is -4.18. The predicted octanol–water partition coefficient (Wildman–Crippen LogP) is 1.65. The van der Waals surface area contributed by atoms with Crippen LogP contribution in [0.1, 0.15) is 34.1 Å². The number of anilines is 1. The van der Waals surface area contributed by atoms with Crippen molar-refractivity contribution in [1.29, 1.82) is 5.26 Å². The van der Waals surface area contributed by atoms with Crippen LogP contribution in [0.3, 0.4) is 0 Å². The average molecular weight is 484 g/mol. The first-order valence-corrected chi connectivity index (χ1v) is 10.8. The summed E-state index contributed by atoms with van der Waals surface area (Å²) in [7, 11) is 1.54. The molecule has 2 aliphatic rings. The van der Waals surface area contributed by atoms with E-state index in [0.29, 0.717) is 25.1 Å². The van der Waals surface area contributed by atoms with Crippen molar-refractivity contribution in [3.05, 3.63) is 52.9 Å². The van der Waals surface area contributed by atoms with Crippen LogP contribution in [0.2, 0.25) is 0 Å². The molecule has 3 heterocycles. The number of urea groups is 1. The number of halogens is 2. The van der Waals surface area contributed by atoms with Gasteiger partial charge in [0.05, 0.1) is 30.0 Å². The maximum Gasteiger partial charge on any atom is 0.338 e. The molecule has 0 unspecified atom stereocenters. The van der Waals surface area contributed by atoms with Gasteiger partial charge < -0.3 is 20.3 Å². The Kier molecular flexibility index (Phi) is 7.11. The van der Waals surface area contributed by atoms with Crippen LogP contribution in [-0.4, -0.2) is 77.4 Å². The summed E-state index contributed by atoms with van der Waals surface area (Å²) in [5, 5.41) is 19.8. The number of hydrogen-bond donors (Lipinski definition) is 2. The summed E-state index contributed by atoms with van der Waals surface area (Å²) in [6.07, 6.45) is 2.76. The second kappa shape index (κ2) is 10.4. The maximum atomic E-state index is 14.1. The van der Waals surface area contributed by atoms with Gasteiger partial charge in [-0.15, -0.1) is 0 Å². The zero-order chi connectivity index (χ0) is 24.9. The Bertz CT molecular complexity index is 1200. The second-order valence-corrected chi connectivity index (χ2v) is 7.90. The van der Waals surface area contributed by atoms with Crippen LogP contribution in [0.15, 0.2) is 29.5 Å². The third-order valence-electron chi connectivity index (χ3n) is 5.57. The second-order valence-electron chi connectivity index (χ2n) is 7.90. The van der Waals surface area contributed by atoms with Gasteiger partial charge in [0.15, 0.2) is 11.5 Å². The lowest BCUT2D eigenvalue weighted by molar-refractivity contribution is -0.0197. The molecule has 0 bridgehead atoms. The Morgan fingerprint density at radius 1 is 1.26 bits per heavy atom. The van der Waals surface area contributed by atoms with Gasteiger partial charge in [0.25, 0.3) is 5.91 Å². The van der Waals surface area contributed by atoms with Gasteiger partial charge in [-0.25, -0.2) is 28.6 Å². The zero-order valence-electron chi connectivity index (χ0n) is 18.7. The Morgan fingerprint density at radius 3 is 2.80 bits per heavy atom. The normalized spacial score (nSPS) is 17.1. The highest BCUT2D eigenvalue weighted by molar-refractivity contribution is 5.93. The number of aromatic nitrogens is 2. The van der Waals surface area contributed by atoms with Crippen molar-refractivity contribution >= 4 is 24.1 Å². The van der Waals surface area contributed by atoms with Crippen molar-refractivity contribution in [2.75, 3.05) is 38.6 Å². The summed E-state index contributed by atoms with van der Waals surface area (Å²) in [6, 6.07) is 4.73. The fourth-order valence-electron chi connectivity index (χ4n) is 3.69. The highest BCUT2D eigenvalue weighted by atomic mass is 19.1. The SMILES string of the molecule is COC1CN(C(=O)c2nc(NCCNC(=O)N3N=CC[C@H]3c3cc(F)cc(C#N)c3)ncc2F)C1. The molecule has 2 aromatic rings. The van der Waals surface area contributed by atoms with Gasteiger partial charge in [0.2, 0.25) is 5.95 Å². The van der Waals surface area contributed by atoms with E-state index >= 15 is 0 Å². The molecular formula is C22H22F2N8O3. The van der Waals surface area contributed by atoms with E-state index in [0.717, 1.165) is 12.3 Å². The number of hydrazone groups is 1. The maximum absolute atomic E-state index is 14.1. The molecule has 4 rings (SSSR count). The largest absolute Gasteiger partial charge is 0.378 e. The quantitative estimate of drug-likeness (QED) is 0.571. The predicted molar refractivity (Wildman–Crippen MR) is 119 cm³/mol. The van der Waals surface area contributed by atoms with E-state index in [9.17, 15) is 18.4 Å². The number of benzene rings is 1. The Balaban J connectivity index is 1.30. The van der Waals surface area contributed by atoms with Gasteiger partial charge in [-0.05, 0) is 23.8 Å². The molecule has 1 aromatic carbocycles. The van der Waals surface area contributed by atoms with E-state index in [1.165, 1.54) is 28.3 Å². The minimum atomic E-state index is -0.829. The van der Waals surface area contributed by atoms with E-state index in [-0.39, 0.29) is 36.4 Å². The number of nitrogens with one attached hydrogen (secondary N) is 2. The third-order valence-corrected chi connectivity index (χ3v) is 5.57. The monoisotopic (exact) mass is 484 g/mol. The molecule has 11 nitrogen and oxygen atoms in total. The first-order chi connectivity index (χ1) is 16.9. The molecule has 0 spiro atoms. The van der Waals surface area contributed by atoms with Gasteiger partial charge in [0, 0.05) is 45.9 Å². The summed E-state index contributed by atoms with van der Waals surface area (Å²) in [5.41, 5.74) is 0.270. The molecule has 2 aliphatic heterocycles. The number of rotatable bonds is 7. The minimum absolute atomic E-state index is 0.0358. The summed E-state index contributed by atoms with van der Waals surface area (Å²) in [4.78, 5) is 34.2. The lowest BCUT2D eigenvalue weighted by atomic mass is 10.0. The van der Waals surface area contributed by atoms with Gasteiger partial charge in [-0.2, -0.15) is 10.4 Å². The van der Waals surface area contributed by atoms with Crippen LogP contribution < -0.4 is 10.6 Å². The van der Waals surface area contributed by atoms with Gasteiger partial charge in [-0.1, -0.05) is 0 Å². The molecule has 3 amide bonds. The molecule has 1 atom stereocenters. The van der Waals surface area contributed by atoms with E-state index in [1.807, 2.05) is 6.07 Å². The highest BCUT2D eigenvalue weighted by Gasteiger charge is 2.33. The lowest BCUT2D eigenvalue weighted by Gasteiger charge is -2.37. The van der Waals surface area contributed by atoms with Gasteiger partial charge in [-0.3, -0.25) is 4.79 Å². The molecule has 0 saturated carbocycles. The van der Waals surface area contributed by atoms with Crippen LogP contribution in [0.4, 0.5) is 19.5 Å². The molecular weight excluding hydrogens is 462 g/mol. The van der Waals surface area contributed by atoms with E-state index < -0.39 is 29.6 Å². The topological polar surface area (TPSA) is 136 Å². The van der Waals surface area contributed by atoms with Crippen molar-refractivity contribution < 1.29 is 23.1 Å². The first kappa shape index (κ1) is 24.0. The van der Waals surface area contributed by atoms with Gasteiger partial charge >= 0.3 is 6.03 Å². The number of likely N-dealkylation sites (tertiary alicyclic amines) is 1. The summed E-state index contributed by atoms with van der Waals surface area (Å²) in [5.74, 6) is -1.91. The van der Waals surface area contributed by atoms with Gasteiger partial charge in [0.1, 0.15) is 5.82 Å². The van der Waals surface area contributed by atoms with E-state index in [2.05, 4.69) is 25.7 Å². The van der Waals surface area contributed by atoms with Crippen LogP contribution >= 0.6 is 0 Å². The molecule has 0 aliphatic carbocycles. The molecule has 2 N–H and O–H groups in total. The van der Waals surface area contributed by atoms with Crippen molar-refractivity contribution in [2.45, 2.75) is 18.6 Å². The van der Waals surface area contributed by atoms with E-state index in [4.69, 9.17) is 10.00 Å². The Morgan fingerprint density at radius 2 is 2.06 bits per heavy atom. The number of amides is 3. The number of methoxy groups -OCH3 is 1. The summed E-state index contributed by atoms with van der Waals surface area (Å²) < 4.78 is 33.0. The van der Waals surface area contributed by atoms with E-state index in [1.54, 1.807) is 7.11 Å². The van der Waals surface area contributed by atoms with Crippen LogP contribution in [0.25, 0.3) is 0 Å². The number of carbonyl (C=O) groups excluding carboxylic acids is 2. The third kappa shape index (κ3) is 5.33. The smallest absolute Gasteiger partial charge is 0.338 e. The molecule has 0 radical (unpaired) electrons. The highest BCUT2D eigenvalue weighted by Crippen LogP contribution is 2.29. The number of nitriles is 1. The summed E-state index contributed by atoms with van der Waals surface area (Å²) >= 11 is 0. The van der Waals surface area contributed by atoms with Crippen molar-refractivity contribution in [1.82, 2.24) is 25.2 Å². The van der Waals surface area contributed by atoms with Crippen LogP contribution in [-0.2, 0) is 4.74 Å². The number of hydrogen-bond acceptors (Lipinski definition) is 8. The number of ether oxygens (including phenoxy) is 1. The molecule has 182 valence electrons. The molecule has 1 aromatic heterocycles. The average Bonchev–Trinajstić information content (AvgIpc) is 3.31. The standard InChI is InChI=1S/C22H22F2N8O3/c1-35-16-11-31(12-16)20(33)19-17(24)10-28-21(30-19)26-4-5-27-22(34)32-18(2-3-29-32)14-6-13(9-25)7-15(23)8-14/h3,6-8,10,16,18H,2,4-5,11-12H2,1H3,(H,27,34)(H,26,28,30)/t18-/m0/s1. The first-order valence-electron chi connectivity index (χ1n) is 10.8. The summed E-state index contributed by atoms with van der Waals surface area (Å²) in [6.45, 7) is 1.04. The number of carbonyl (C=O) groups is 2. The van der Waals surface area contributed by atoms with Crippen LogP contribution in [0.5, 0.6) is 0 Å². The van der Waals surface area contributed by atoms with Crippen molar-refractivity contribution in [3.8, 4) is 6.07 Å². The molecule has 13 heteroatoms. The molecule has 1 saturated heterocycles. The molecule has 1 fully saturated rings. The Labute approximate surface area is 199 Å². The van der Waals surface area contributed by atoms with Crippen LogP contribution in [0, 0.1) is 23.0 Å². The fourth-order valence-corrected chi connectivity index (χ4v) is 3.69. The van der Waals surface area contributed by atoms with Crippen molar-refractivity contribution in [2.24, 2.45) is 5.10 Å².